The zero-order valence-corrected chi connectivity index (χ0v) is 9.81. The highest BCUT2D eigenvalue weighted by molar-refractivity contribution is 6.99. The number of carbonyl (C=O) groups is 1. The lowest BCUT2D eigenvalue weighted by Crippen LogP contribution is -2.55. The fourth-order valence-corrected chi connectivity index (χ4v) is 2.47. The average Bonchev–Trinajstić information content (AvgIpc) is 2.64. The Hall–Kier alpha value is -0.880. The van der Waals surface area contributed by atoms with Crippen molar-refractivity contribution in [1.29, 1.82) is 0 Å². The van der Waals surface area contributed by atoms with Crippen LogP contribution in [0.4, 0.5) is 5.82 Å². The van der Waals surface area contributed by atoms with Gasteiger partial charge in [0.25, 0.3) is 0 Å². The first kappa shape index (κ1) is 10.6. The van der Waals surface area contributed by atoms with Crippen molar-refractivity contribution in [2.24, 2.45) is 0 Å². The van der Waals surface area contributed by atoms with Gasteiger partial charge in [-0.25, -0.2) is 0 Å². The van der Waals surface area contributed by atoms with Gasteiger partial charge >= 0.3 is 0 Å². The second-order valence-corrected chi connectivity index (χ2v) is 4.17. The van der Waals surface area contributed by atoms with Crippen LogP contribution in [0.3, 0.4) is 0 Å². The molecule has 82 valence electrons. The molecule has 0 saturated carbocycles. The van der Waals surface area contributed by atoms with E-state index in [0.717, 1.165) is 24.7 Å². The molecule has 1 saturated heterocycles. The van der Waals surface area contributed by atoms with Crippen molar-refractivity contribution in [2.75, 3.05) is 18.0 Å². The summed E-state index contributed by atoms with van der Waals surface area (Å²) >= 11 is 6.97. The second kappa shape index (κ2) is 4.32. The maximum Gasteiger partial charge on any atom is 0.242 e. The number of rotatable bonds is 2. The number of carbonyl (C=O) groups excluding carboxylic acids is 1. The number of amides is 1. The van der Waals surface area contributed by atoms with Crippen molar-refractivity contribution in [1.82, 2.24) is 14.1 Å². The number of anilines is 1. The normalized spacial score (nSPS) is 21.6. The van der Waals surface area contributed by atoms with Gasteiger partial charge in [0.1, 0.15) is 6.04 Å². The maximum atomic E-state index is 11.6. The Kier molecular flexibility index (Phi) is 3.06. The molecule has 0 radical (unpaired) electrons. The molecule has 15 heavy (non-hydrogen) atoms. The molecule has 1 N–H and O–H groups in total. The molecule has 2 heterocycles. The van der Waals surface area contributed by atoms with Crippen LogP contribution < -0.4 is 10.2 Å². The molecular formula is C8H11ClN4OS. The van der Waals surface area contributed by atoms with E-state index < -0.39 is 0 Å². The van der Waals surface area contributed by atoms with E-state index in [0.29, 0.717) is 17.5 Å². The summed E-state index contributed by atoms with van der Waals surface area (Å²) < 4.78 is 8.02. The van der Waals surface area contributed by atoms with Crippen molar-refractivity contribution in [2.45, 2.75) is 19.4 Å². The van der Waals surface area contributed by atoms with E-state index >= 15 is 0 Å². The van der Waals surface area contributed by atoms with Gasteiger partial charge in [-0.15, -0.1) is 0 Å². The standard InChI is InChI=1S/C8H11ClN4OS/c1-2-5-8(14)10-3-4-13(5)7-6(9)11-15-12-7/h5H,2-4H2,1H3,(H,10,14). The Balaban J connectivity index is 2.27. The van der Waals surface area contributed by atoms with Gasteiger partial charge in [-0.1, -0.05) is 18.5 Å². The molecule has 0 bridgehead atoms. The molecule has 1 unspecified atom stereocenters. The molecule has 7 heteroatoms. The molecule has 1 aliphatic rings. The lowest BCUT2D eigenvalue weighted by atomic mass is 10.1. The molecule has 1 atom stereocenters. The number of nitrogens with zero attached hydrogens (tertiary/aromatic N) is 3. The molecule has 1 aromatic heterocycles. The zero-order valence-electron chi connectivity index (χ0n) is 8.23. The third kappa shape index (κ3) is 1.91. The van der Waals surface area contributed by atoms with Crippen LogP contribution in [0.25, 0.3) is 0 Å². The molecule has 0 aliphatic carbocycles. The third-order valence-electron chi connectivity index (χ3n) is 2.42. The second-order valence-electron chi connectivity index (χ2n) is 3.29. The zero-order chi connectivity index (χ0) is 10.8. The minimum atomic E-state index is -0.180. The minimum Gasteiger partial charge on any atom is -0.353 e. The van der Waals surface area contributed by atoms with Crippen LogP contribution in [0, 0.1) is 0 Å². The van der Waals surface area contributed by atoms with Crippen LogP contribution in [0.15, 0.2) is 0 Å². The molecule has 5 nitrogen and oxygen atoms in total. The van der Waals surface area contributed by atoms with E-state index in [4.69, 9.17) is 11.6 Å². The highest BCUT2D eigenvalue weighted by Gasteiger charge is 2.30. The van der Waals surface area contributed by atoms with E-state index in [9.17, 15) is 4.79 Å². The SMILES string of the molecule is CCC1C(=O)NCCN1c1nsnc1Cl. The minimum absolute atomic E-state index is 0.0350. The summed E-state index contributed by atoms with van der Waals surface area (Å²) in [4.78, 5) is 13.5. The van der Waals surface area contributed by atoms with Crippen molar-refractivity contribution in [3.63, 3.8) is 0 Å². The monoisotopic (exact) mass is 246 g/mol. The summed E-state index contributed by atoms with van der Waals surface area (Å²) in [7, 11) is 0. The fraction of sp³-hybridized carbons (Fsp3) is 0.625. The quantitative estimate of drug-likeness (QED) is 0.843. The van der Waals surface area contributed by atoms with Crippen LogP contribution in [0.2, 0.25) is 5.15 Å². The van der Waals surface area contributed by atoms with Crippen LogP contribution in [0.5, 0.6) is 0 Å². The topological polar surface area (TPSA) is 58.1 Å². The van der Waals surface area contributed by atoms with E-state index in [1.54, 1.807) is 0 Å². The summed E-state index contributed by atoms with van der Waals surface area (Å²) in [6.07, 6.45) is 0.736. The summed E-state index contributed by atoms with van der Waals surface area (Å²) in [5.74, 6) is 0.663. The number of aromatic nitrogens is 2. The van der Waals surface area contributed by atoms with E-state index in [1.165, 1.54) is 0 Å². The first-order valence-electron chi connectivity index (χ1n) is 4.76. The Morgan fingerprint density at radius 3 is 3.07 bits per heavy atom. The summed E-state index contributed by atoms with van der Waals surface area (Å²) in [6, 6.07) is -0.180. The van der Waals surface area contributed by atoms with Crippen molar-refractivity contribution in [3.8, 4) is 0 Å². The van der Waals surface area contributed by atoms with Gasteiger partial charge in [0.05, 0.1) is 11.7 Å². The van der Waals surface area contributed by atoms with E-state index in [2.05, 4.69) is 14.1 Å². The van der Waals surface area contributed by atoms with Crippen molar-refractivity contribution < 1.29 is 4.79 Å². The number of hydrogen-bond acceptors (Lipinski definition) is 5. The van der Waals surface area contributed by atoms with Gasteiger partial charge in [-0.2, -0.15) is 8.75 Å². The molecule has 0 aromatic carbocycles. The van der Waals surface area contributed by atoms with Gasteiger partial charge in [-0.05, 0) is 6.42 Å². The van der Waals surface area contributed by atoms with Crippen LogP contribution in [-0.4, -0.2) is 33.8 Å². The van der Waals surface area contributed by atoms with Gasteiger partial charge in [-0.3, -0.25) is 4.79 Å². The summed E-state index contributed by atoms with van der Waals surface area (Å²) in [5.41, 5.74) is 0. The predicted molar refractivity (Wildman–Crippen MR) is 59.4 cm³/mol. The van der Waals surface area contributed by atoms with Gasteiger partial charge in [0, 0.05) is 13.1 Å². The van der Waals surface area contributed by atoms with Crippen LogP contribution >= 0.6 is 23.3 Å². The van der Waals surface area contributed by atoms with Gasteiger partial charge < -0.3 is 10.2 Å². The average molecular weight is 247 g/mol. The highest BCUT2D eigenvalue weighted by atomic mass is 35.5. The lowest BCUT2D eigenvalue weighted by Gasteiger charge is -2.34. The first-order valence-corrected chi connectivity index (χ1v) is 5.87. The largest absolute Gasteiger partial charge is 0.353 e. The summed E-state index contributed by atoms with van der Waals surface area (Å²) in [5, 5.41) is 3.21. The van der Waals surface area contributed by atoms with Gasteiger partial charge in [0.2, 0.25) is 5.91 Å². The van der Waals surface area contributed by atoms with E-state index in [-0.39, 0.29) is 11.9 Å². The Labute approximate surface area is 96.8 Å². The van der Waals surface area contributed by atoms with E-state index in [1.807, 2.05) is 11.8 Å². The lowest BCUT2D eigenvalue weighted by molar-refractivity contribution is -0.123. The molecule has 1 aromatic rings. The van der Waals surface area contributed by atoms with Crippen molar-refractivity contribution >= 4 is 35.1 Å². The number of halogens is 1. The number of hydrogen-bond donors (Lipinski definition) is 1. The predicted octanol–water partition coefficient (Wildman–Crippen LogP) is 0.906. The Bertz CT molecular complexity index is 369. The molecule has 1 amide bonds. The smallest absolute Gasteiger partial charge is 0.242 e. The molecule has 2 rings (SSSR count). The Morgan fingerprint density at radius 2 is 2.47 bits per heavy atom. The number of nitrogens with one attached hydrogen (secondary N) is 1. The molecular weight excluding hydrogens is 236 g/mol. The molecule has 1 aliphatic heterocycles. The maximum absolute atomic E-state index is 11.6. The fourth-order valence-electron chi connectivity index (χ4n) is 1.72. The third-order valence-corrected chi connectivity index (χ3v) is 3.29. The summed E-state index contributed by atoms with van der Waals surface area (Å²) in [6.45, 7) is 3.33. The highest BCUT2D eigenvalue weighted by Crippen LogP contribution is 2.26. The van der Waals surface area contributed by atoms with Gasteiger partial charge in [0.15, 0.2) is 11.0 Å². The van der Waals surface area contributed by atoms with Crippen molar-refractivity contribution in [3.05, 3.63) is 5.15 Å². The van der Waals surface area contributed by atoms with Crippen LogP contribution in [-0.2, 0) is 4.79 Å². The molecule has 0 spiro atoms. The number of piperazine rings is 1. The molecule has 1 fully saturated rings. The Morgan fingerprint density at radius 1 is 1.67 bits per heavy atom. The first-order chi connectivity index (χ1) is 7.24. The van der Waals surface area contributed by atoms with Crippen LogP contribution in [0.1, 0.15) is 13.3 Å².